The number of nitrogens with zero attached hydrogens (tertiary/aromatic N) is 3. The molecular weight excluding hydrogens is 430 g/mol. The predicted molar refractivity (Wildman–Crippen MR) is 100 cm³/mol. The first kappa shape index (κ1) is 22.5. The molecule has 4 N–H and O–H groups in total. The van der Waals surface area contributed by atoms with Crippen LogP contribution in [0, 0.1) is 0 Å². The Balaban J connectivity index is 2.23. The second-order valence-electron chi connectivity index (χ2n) is 5.72. The van der Waals surface area contributed by atoms with Crippen molar-refractivity contribution in [3.63, 3.8) is 0 Å². The van der Waals surface area contributed by atoms with Crippen LogP contribution < -0.4 is 11.1 Å². The van der Waals surface area contributed by atoms with Gasteiger partial charge < -0.3 is 20.6 Å². The number of unbranched alkanes of at least 4 members (excludes halogenated alkanes) is 1. The highest BCUT2D eigenvalue weighted by atomic mass is 32.2. The molecule has 2 heterocycles. The first-order valence-electron chi connectivity index (χ1n) is 8.22. The minimum Gasteiger partial charge on any atom is -0.464 e. The molecule has 1 saturated heterocycles. The molecule has 0 unspecified atom stereocenters. The Hall–Kier alpha value is -2.78. The molecule has 1 aromatic rings. The van der Waals surface area contributed by atoms with Crippen LogP contribution in [-0.2, 0) is 34.3 Å². The monoisotopic (exact) mass is 449 g/mol. The summed E-state index contributed by atoms with van der Waals surface area (Å²) in [7, 11) is -3.87. The summed E-state index contributed by atoms with van der Waals surface area (Å²) < 4.78 is 37.0. The zero-order valence-electron chi connectivity index (χ0n) is 15.4. The minimum atomic E-state index is -5.04. The molecule has 2 atom stereocenters. The highest BCUT2D eigenvalue weighted by Gasteiger charge is 2.58. The lowest BCUT2D eigenvalue weighted by Crippen LogP contribution is -2.75. The molecule has 160 valence electrons. The fraction of sp³-hybridized carbons (Fsp3) is 0.500. The van der Waals surface area contributed by atoms with Crippen molar-refractivity contribution in [3.8, 4) is 0 Å². The van der Waals surface area contributed by atoms with Gasteiger partial charge in [-0.25, -0.2) is 9.78 Å². The van der Waals surface area contributed by atoms with Crippen LogP contribution in [0.2, 0.25) is 0 Å². The third kappa shape index (κ3) is 4.99. The highest BCUT2D eigenvalue weighted by molar-refractivity contribution is 7.84. The smallest absolute Gasteiger partial charge is 0.363 e. The summed E-state index contributed by atoms with van der Waals surface area (Å²) in [6, 6.07) is -3.36. The SMILES string of the molecule is CCCCOC(=O)[C@H]1[C@@H](NC(=O)C(=NOC)c2csc(N)n2)C(=O)N1S(=O)(=O)O. The molecule has 1 aliphatic heterocycles. The molecule has 0 saturated carbocycles. The van der Waals surface area contributed by atoms with Crippen LogP contribution in [-0.4, -0.2) is 71.6 Å². The number of rotatable bonds is 9. The van der Waals surface area contributed by atoms with E-state index in [0.717, 1.165) is 11.3 Å². The molecule has 1 aromatic heterocycles. The zero-order valence-corrected chi connectivity index (χ0v) is 17.0. The first-order chi connectivity index (χ1) is 13.6. The quantitative estimate of drug-likeness (QED) is 0.104. The number of carbonyl (C=O) groups is 3. The molecule has 13 nitrogen and oxygen atoms in total. The zero-order chi connectivity index (χ0) is 21.8. The average molecular weight is 449 g/mol. The molecule has 0 radical (unpaired) electrons. The van der Waals surface area contributed by atoms with E-state index in [4.69, 9.17) is 10.5 Å². The lowest BCUT2D eigenvalue weighted by molar-refractivity contribution is -0.164. The Bertz CT molecular complexity index is 928. The van der Waals surface area contributed by atoms with E-state index in [-0.39, 0.29) is 27.4 Å². The van der Waals surface area contributed by atoms with Crippen molar-refractivity contribution in [2.75, 3.05) is 19.5 Å². The van der Waals surface area contributed by atoms with Gasteiger partial charge in [-0.15, -0.1) is 11.3 Å². The number of hydrogen-bond donors (Lipinski definition) is 3. The summed E-state index contributed by atoms with van der Waals surface area (Å²) in [5.74, 6) is -3.28. The van der Waals surface area contributed by atoms with E-state index in [9.17, 15) is 27.4 Å². The standard InChI is InChI=1S/C14H19N5O8S2/c1-3-4-5-27-13(22)10-9(12(21)19(10)29(23,24)25)17-11(20)8(18-26-2)7-6-28-14(15)16-7/h6,9-10H,3-5H2,1-2H3,(H2,15,16)(H,17,20)(H,23,24,25)/t9-,10-/m1/s1. The molecular formula is C14H19N5O8S2. The lowest BCUT2D eigenvalue weighted by Gasteiger charge is -2.42. The number of nitrogens with two attached hydrogens (primary N) is 1. The molecule has 2 amide bonds. The summed E-state index contributed by atoms with van der Waals surface area (Å²) in [6.07, 6.45) is 1.21. The van der Waals surface area contributed by atoms with E-state index >= 15 is 0 Å². The maximum absolute atomic E-state index is 12.5. The number of ether oxygens (including phenoxy) is 1. The van der Waals surface area contributed by atoms with Crippen LogP contribution in [0.5, 0.6) is 0 Å². The molecule has 1 aliphatic rings. The normalized spacial score (nSPS) is 19.5. The van der Waals surface area contributed by atoms with Gasteiger partial charge in [0.25, 0.3) is 11.8 Å². The Labute approximate surface area is 169 Å². The number of aromatic nitrogens is 1. The predicted octanol–water partition coefficient (Wildman–Crippen LogP) is -1.08. The minimum absolute atomic E-state index is 0.0194. The van der Waals surface area contributed by atoms with Gasteiger partial charge in [0.2, 0.25) is 0 Å². The number of nitrogens with one attached hydrogen (secondary N) is 1. The summed E-state index contributed by atoms with van der Waals surface area (Å²) in [6.45, 7) is 1.82. The van der Waals surface area contributed by atoms with E-state index in [2.05, 4.69) is 20.3 Å². The fourth-order valence-electron chi connectivity index (χ4n) is 2.40. The largest absolute Gasteiger partial charge is 0.464 e. The van der Waals surface area contributed by atoms with Gasteiger partial charge in [-0.05, 0) is 6.42 Å². The number of β-lactam (4-membered cyclic amide) rings is 1. The maximum Gasteiger partial charge on any atom is 0.363 e. The van der Waals surface area contributed by atoms with Crippen molar-refractivity contribution in [3.05, 3.63) is 11.1 Å². The number of amides is 2. The molecule has 0 aromatic carbocycles. The Morgan fingerprint density at radius 3 is 2.69 bits per heavy atom. The van der Waals surface area contributed by atoms with Gasteiger partial charge in [-0.2, -0.15) is 12.7 Å². The summed E-state index contributed by atoms with van der Waals surface area (Å²) in [5.41, 5.74) is 5.22. The van der Waals surface area contributed by atoms with E-state index in [0.29, 0.717) is 12.8 Å². The molecule has 29 heavy (non-hydrogen) atoms. The van der Waals surface area contributed by atoms with E-state index in [1.807, 2.05) is 6.92 Å². The van der Waals surface area contributed by atoms with Crippen molar-refractivity contribution in [2.45, 2.75) is 31.8 Å². The number of thiazole rings is 1. The van der Waals surface area contributed by atoms with E-state index < -0.39 is 40.2 Å². The molecule has 2 rings (SSSR count). The van der Waals surface area contributed by atoms with Crippen molar-refractivity contribution in [1.82, 2.24) is 14.6 Å². The number of carbonyl (C=O) groups excluding carboxylic acids is 3. The van der Waals surface area contributed by atoms with Crippen LogP contribution >= 0.6 is 11.3 Å². The Morgan fingerprint density at radius 1 is 1.48 bits per heavy atom. The molecule has 0 bridgehead atoms. The third-order valence-electron chi connectivity index (χ3n) is 3.73. The van der Waals surface area contributed by atoms with Crippen LogP contribution in [0.1, 0.15) is 25.5 Å². The summed E-state index contributed by atoms with van der Waals surface area (Å²) in [4.78, 5) is 45.4. The van der Waals surface area contributed by atoms with Gasteiger partial charge in [0.05, 0.1) is 6.61 Å². The van der Waals surface area contributed by atoms with E-state index in [1.165, 1.54) is 12.5 Å². The Morgan fingerprint density at radius 2 is 2.17 bits per heavy atom. The van der Waals surface area contributed by atoms with E-state index in [1.54, 1.807) is 0 Å². The molecule has 1 fully saturated rings. The number of nitrogen functional groups attached to an aromatic ring is 1. The van der Waals surface area contributed by atoms with Crippen molar-refractivity contribution >= 4 is 50.3 Å². The number of esters is 1. The number of anilines is 1. The molecule has 0 aliphatic carbocycles. The second-order valence-corrected chi connectivity index (χ2v) is 7.90. The topological polar surface area (TPSA) is 191 Å². The average Bonchev–Trinajstić information content (AvgIpc) is 3.06. The second kappa shape index (κ2) is 9.15. The van der Waals surface area contributed by atoms with Crippen molar-refractivity contribution in [2.24, 2.45) is 5.16 Å². The third-order valence-corrected chi connectivity index (χ3v) is 5.31. The van der Waals surface area contributed by atoms with Crippen LogP contribution in [0.15, 0.2) is 10.5 Å². The van der Waals surface area contributed by atoms with Crippen molar-refractivity contribution < 1.29 is 36.9 Å². The highest BCUT2D eigenvalue weighted by Crippen LogP contribution is 2.25. The molecule has 15 heteroatoms. The van der Waals surface area contributed by atoms with Gasteiger partial charge in [0.1, 0.15) is 18.8 Å². The van der Waals surface area contributed by atoms with Gasteiger partial charge in [0.15, 0.2) is 16.9 Å². The van der Waals surface area contributed by atoms with Crippen LogP contribution in [0.4, 0.5) is 5.13 Å². The maximum atomic E-state index is 12.5. The summed E-state index contributed by atoms with van der Waals surface area (Å²) in [5, 5.41) is 7.27. The van der Waals surface area contributed by atoms with Gasteiger partial charge >= 0.3 is 16.3 Å². The molecule has 0 spiro atoms. The first-order valence-corrected chi connectivity index (χ1v) is 10.5. The van der Waals surface area contributed by atoms with Gasteiger partial charge in [-0.3, -0.25) is 14.1 Å². The van der Waals surface area contributed by atoms with Gasteiger partial charge in [-0.1, -0.05) is 18.5 Å². The number of hydrogen-bond acceptors (Lipinski definition) is 11. The van der Waals surface area contributed by atoms with Gasteiger partial charge in [0, 0.05) is 5.38 Å². The lowest BCUT2D eigenvalue weighted by atomic mass is 9.98. The van der Waals surface area contributed by atoms with Crippen LogP contribution in [0.3, 0.4) is 0 Å². The summed E-state index contributed by atoms with van der Waals surface area (Å²) >= 11 is 1.02. The van der Waals surface area contributed by atoms with Crippen molar-refractivity contribution in [1.29, 1.82) is 0 Å². The Kier molecular flexibility index (Phi) is 7.10. The fourth-order valence-corrected chi connectivity index (χ4v) is 3.78. The number of oxime groups is 1. The van der Waals surface area contributed by atoms with Crippen LogP contribution in [0.25, 0.3) is 0 Å².